The van der Waals surface area contributed by atoms with Gasteiger partial charge in [0.05, 0.1) is 24.1 Å². The average molecular weight is 435 g/mol. The molecule has 5 rings (SSSR count). The Morgan fingerprint density at radius 1 is 1.29 bits per heavy atom. The summed E-state index contributed by atoms with van der Waals surface area (Å²) in [4.78, 5) is 5.76. The summed E-state index contributed by atoms with van der Waals surface area (Å²) in [6.45, 7) is 4.11. The fourth-order valence-corrected chi connectivity index (χ4v) is 4.10. The summed E-state index contributed by atoms with van der Waals surface area (Å²) in [5.41, 5.74) is 6.49. The SMILES string of the molecule is CCNC1=C(C(F)(F)F)C=NC(N)(c2cc(C3(n4nccn4)CC3)nn2C2CC2C)N1. The first-order chi connectivity index (χ1) is 14.7. The zero-order chi connectivity index (χ0) is 22.0. The van der Waals surface area contributed by atoms with Crippen LogP contribution in [0.2, 0.25) is 0 Å². The Labute approximate surface area is 176 Å². The maximum Gasteiger partial charge on any atom is 0.421 e. The van der Waals surface area contributed by atoms with E-state index in [9.17, 15) is 13.2 Å². The Kier molecular flexibility index (Phi) is 4.24. The van der Waals surface area contributed by atoms with Crippen LogP contribution in [-0.4, -0.2) is 43.7 Å². The van der Waals surface area contributed by atoms with E-state index in [2.05, 4.69) is 32.7 Å². The van der Waals surface area contributed by atoms with Crippen molar-refractivity contribution in [2.75, 3.05) is 6.54 Å². The molecule has 31 heavy (non-hydrogen) atoms. The summed E-state index contributed by atoms with van der Waals surface area (Å²) in [5, 5.41) is 18.9. The van der Waals surface area contributed by atoms with Crippen LogP contribution in [0.4, 0.5) is 13.2 Å². The molecular weight excluding hydrogens is 411 g/mol. The Bertz CT molecular complexity index is 1050. The quantitative estimate of drug-likeness (QED) is 0.637. The van der Waals surface area contributed by atoms with E-state index >= 15 is 0 Å². The van der Waals surface area contributed by atoms with E-state index < -0.39 is 23.1 Å². The standard InChI is InChI=1S/C19H24F3N9/c1-3-24-16-12(18(20,21)22)10-25-19(23,28-16)15-9-14(29-30(15)13-8-11(13)2)17(4-5-17)31-26-6-7-27-31/h6-7,9-11,13,24,28H,3-5,8,23H2,1-2H3. The Balaban J connectivity index is 1.57. The Morgan fingerprint density at radius 2 is 1.97 bits per heavy atom. The molecule has 2 aromatic heterocycles. The number of aliphatic imine (C=N–C) groups is 1. The second kappa shape index (κ2) is 6.55. The molecule has 9 nitrogen and oxygen atoms in total. The first-order valence-corrected chi connectivity index (χ1v) is 10.3. The van der Waals surface area contributed by atoms with Crippen molar-refractivity contribution >= 4 is 6.21 Å². The molecule has 0 radical (unpaired) electrons. The van der Waals surface area contributed by atoms with E-state index in [1.165, 1.54) is 0 Å². The minimum atomic E-state index is -4.56. The van der Waals surface area contributed by atoms with Crippen LogP contribution in [0.1, 0.15) is 50.5 Å². The van der Waals surface area contributed by atoms with Crippen LogP contribution < -0.4 is 16.4 Å². The summed E-state index contributed by atoms with van der Waals surface area (Å²) < 4.78 is 42.2. The van der Waals surface area contributed by atoms with Gasteiger partial charge in [0, 0.05) is 12.8 Å². The van der Waals surface area contributed by atoms with Gasteiger partial charge in [-0.25, -0.2) is 4.99 Å². The van der Waals surface area contributed by atoms with Gasteiger partial charge in [-0.1, -0.05) is 6.92 Å². The van der Waals surface area contributed by atoms with Crippen LogP contribution in [0.25, 0.3) is 0 Å². The number of hydrogen-bond donors (Lipinski definition) is 3. The normalized spacial score (nSPS) is 29.1. The van der Waals surface area contributed by atoms with Gasteiger partial charge in [-0.15, -0.1) is 0 Å². The number of rotatable bonds is 6. The van der Waals surface area contributed by atoms with Gasteiger partial charge in [-0.2, -0.15) is 33.3 Å². The van der Waals surface area contributed by atoms with Gasteiger partial charge < -0.3 is 10.6 Å². The van der Waals surface area contributed by atoms with Gasteiger partial charge in [0.25, 0.3) is 0 Å². The first-order valence-electron chi connectivity index (χ1n) is 10.3. The van der Waals surface area contributed by atoms with Gasteiger partial charge >= 0.3 is 6.18 Å². The molecular formula is C19H24F3N9. The summed E-state index contributed by atoms with van der Waals surface area (Å²) in [6.07, 6.45) is 2.04. The smallest absolute Gasteiger partial charge is 0.372 e. The molecule has 12 heteroatoms. The minimum Gasteiger partial charge on any atom is -0.372 e. The van der Waals surface area contributed by atoms with Crippen molar-refractivity contribution in [3.05, 3.63) is 41.2 Å². The molecule has 2 aliphatic carbocycles. The second-order valence-corrected chi connectivity index (χ2v) is 8.46. The molecule has 166 valence electrons. The van der Waals surface area contributed by atoms with Crippen LogP contribution in [0.3, 0.4) is 0 Å². The highest BCUT2D eigenvalue weighted by atomic mass is 19.4. The molecule has 2 saturated carbocycles. The number of halogens is 3. The lowest BCUT2D eigenvalue weighted by Crippen LogP contribution is -2.55. The number of nitrogens with zero attached hydrogens (tertiary/aromatic N) is 6. The van der Waals surface area contributed by atoms with Gasteiger partial charge in [0.2, 0.25) is 5.79 Å². The number of allylic oxidation sites excluding steroid dienone is 1. The Morgan fingerprint density at radius 3 is 2.52 bits per heavy atom. The number of alkyl halides is 3. The zero-order valence-electron chi connectivity index (χ0n) is 17.2. The van der Waals surface area contributed by atoms with Crippen molar-refractivity contribution in [1.29, 1.82) is 0 Å². The highest BCUT2D eigenvalue weighted by Gasteiger charge is 2.53. The number of hydrogen-bond acceptors (Lipinski definition) is 7. The first kappa shape index (κ1) is 20.0. The maximum absolute atomic E-state index is 13.5. The second-order valence-electron chi connectivity index (χ2n) is 8.46. The molecule has 0 aromatic carbocycles. The fraction of sp³-hybridized carbons (Fsp3) is 0.579. The van der Waals surface area contributed by atoms with Crippen molar-refractivity contribution in [2.45, 2.75) is 56.7 Å². The molecule has 0 bridgehead atoms. The van der Waals surface area contributed by atoms with E-state index in [4.69, 9.17) is 10.8 Å². The van der Waals surface area contributed by atoms with Crippen LogP contribution in [0.5, 0.6) is 0 Å². The van der Waals surface area contributed by atoms with Crippen molar-refractivity contribution in [2.24, 2.45) is 16.6 Å². The molecule has 0 amide bonds. The third-order valence-electron chi connectivity index (χ3n) is 6.15. The molecule has 0 spiro atoms. The van der Waals surface area contributed by atoms with Crippen molar-refractivity contribution in [3.63, 3.8) is 0 Å². The maximum atomic E-state index is 13.5. The highest BCUT2D eigenvalue weighted by molar-refractivity contribution is 5.82. The lowest BCUT2D eigenvalue weighted by molar-refractivity contribution is -0.0876. The number of aromatic nitrogens is 5. The molecule has 0 saturated heterocycles. The molecule has 2 fully saturated rings. The Hall–Kier alpha value is -2.89. The van der Waals surface area contributed by atoms with Crippen LogP contribution in [-0.2, 0) is 11.3 Å². The van der Waals surface area contributed by atoms with Gasteiger partial charge in [0.1, 0.15) is 22.6 Å². The van der Waals surface area contributed by atoms with Crippen LogP contribution >= 0.6 is 0 Å². The van der Waals surface area contributed by atoms with Gasteiger partial charge in [-0.3, -0.25) is 10.4 Å². The van der Waals surface area contributed by atoms with Crippen molar-refractivity contribution < 1.29 is 13.2 Å². The van der Waals surface area contributed by atoms with Crippen LogP contribution in [0.15, 0.2) is 34.8 Å². The summed E-state index contributed by atoms with van der Waals surface area (Å²) in [5.74, 6) is -1.39. The molecule has 3 unspecified atom stereocenters. The topological polar surface area (TPSA) is 111 Å². The largest absolute Gasteiger partial charge is 0.421 e. The van der Waals surface area contributed by atoms with Crippen molar-refractivity contribution in [3.8, 4) is 0 Å². The fourth-order valence-electron chi connectivity index (χ4n) is 4.10. The monoisotopic (exact) mass is 435 g/mol. The minimum absolute atomic E-state index is 0.123. The van der Waals surface area contributed by atoms with E-state index in [1.807, 2.05) is 10.7 Å². The van der Waals surface area contributed by atoms with E-state index in [0.29, 0.717) is 18.2 Å². The average Bonchev–Trinajstić information content (AvgIpc) is 3.51. The molecule has 2 aromatic rings. The van der Waals surface area contributed by atoms with Crippen molar-refractivity contribution in [1.82, 2.24) is 35.4 Å². The molecule has 3 atom stereocenters. The zero-order valence-corrected chi connectivity index (χ0v) is 17.2. The molecule has 3 aliphatic rings. The molecule has 4 N–H and O–H groups in total. The lowest BCUT2D eigenvalue weighted by Gasteiger charge is -2.34. The third kappa shape index (κ3) is 3.20. The number of nitrogens with two attached hydrogens (primary N) is 1. The predicted octanol–water partition coefficient (Wildman–Crippen LogP) is 1.72. The van der Waals surface area contributed by atoms with Crippen LogP contribution in [0, 0.1) is 5.92 Å². The van der Waals surface area contributed by atoms with E-state index in [-0.39, 0.29) is 11.9 Å². The summed E-state index contributed by atoms with van der Waals surface area (Å²) in [7, 11) is 0. The summed E-state index contributed by atoms with van der Waals surface area (Å²) in [6, 6.07) is 1.95. The summed E-state index contributed by atoms with van der Waals surface area (Å²) >= 11 is 0. The molecule has 3 heterocycles. The predicted molar refractivity (Wildman–Crippen MR) is 106 cm³/mol. The lowest BCUT2D eigenvalue weighted by atomic mass is 10.1. The number of nitrogens with one attached hydrogen (secondary N) is 2. The van der Waals surface area contributed by atoms with Gasteiger partial charge in [0.15, 0.2) is 0 Å². The van der Waals surface area contributed by atoms with E-state index in [1.54, 1.807) is 24.1 Å². The molecule has 1 aliphatic heterocycles. The van der Waals surface area contributed by atoms with E-state index in [0.717, 1.165) is 31.2 Å². The highest BCUT2D eigenvalue weighted by Crippen LogP contribution is 2.50. The van der Waals surface area contributed by atoms with Gasteiger partial charge in [-0.05, 0) is 38.2 Å². The third-order valence-corrected chi connectivity index (χ3v) is 6.15.